The molecule has 0 aromatic heterocycles. The topological polar surface area (TPSA) is 9.23 Å². The maximum atomic E-state index is 12.9. The summed E-state index contributed by atoms with van der Waals surface area (Å²) >= 11 is 0. The van der Waals surface area contributed by atoms with Crippen LogP contribution in [0.15, 0.2) is 36.4 Å². The van der Waals surface area contributed by atoms with Gasteiger partial charge in [-0.2, -0.15) is 0 Å². The van der Waals surface area contributed by atoms with E-state index in [1.54, 1.807) is 12.1 Å². The van der Waals surface area contributed by atoms with Crippen LogP contribution in [0.4, 0.5) is 4.39 Å². The highest BCUT2D eigenvalue weighted by Crippen LogP contribution is 2.42. The van der Waals surface area contributed by atoms with Gasteiger partial charge in [0.05, 0.1) is 0 Å². The number of hydrogen-bond acceptors (Lipinski definition) is 1. The van der Waals surface area contributed by atoms with Gasteiger partial charge in [-0.05, 0) is 86.5 Å². The van der Waals surface area contributed by atoms with Crippen LogP contribution in [0.3, 0.4) is 0 Å². The average molecular weight is 373 g/mol. The first kappa shape index (κ1) is 20.4. The predicted molar refractivity (Wildman–Crippen MR) is 111 cm³/mol. The third-order valence-corrected chi connectivity index (χ3v) is 6.91. The molecule has 1 nitrogen and oxygen atoms in total. The van der Waals surface area contributed by atoms with E-state index >= 15 is 0 Å². The first-order valence-electron chi connectivity index (χ1n) is 11.3. The molecule has 0 saturated heterocycles. The lowest BCUT2D eigenvalue weighted by molar-refractivity contribution is 0.151. The molecule has 0 aliphatic heterocycles. The van der Waals surface area contributed by atoms with E-state index in [4.69, 9.17) is 4.74 Å². The Morgan fingerprint density at radius 3 is 2.19 bits per heavy atom. The number of unbranched alkanes of at least 4 members (excludes halogenated alkanes) is 1. The van der Waals surface area contributed by atoms with Gasteiger partial charge in [0.1, 0.15) is 18.2 Å². The summed E-state index contributed by atoms with van der Waals surface area (Å²) in [7, 11) is 0. The van der Waals surface area contributed by atoms with Crippen LogP contribution in [0, 0.1) is 29.5 Å². The fourth-order valence-corrected chi connectivity index (χ4v) is 5.17. The normalized spacial score (nSPS) is 29.1. The van der Waals surface area contributed by atoms with Crippen molar-refractivity contribution >= 4 is 0 Å². The Morgan fingerprint density at radius 1 is 0.926 bits per heavy atom. The lowest BCUT2D eigenvalue weighted by atomic mass is 9.68. The molecule has 0 atom stereocenters. The van der Waals surface area contributed by atoms with E-state index in [0.29, 0.717) is 6.61 Å². The van der Waals surface area contributed by atoms with E-state index in [0.717, 1.165) is 29.4 Å². The molecule has 150 valence electrons. The maximum absolute atomic E-state index is 12.9. The lowest BCUT2D eigenvalue weighted by Crippen LogP contribution is -2.25. The molecule has 2 fully saturated rings. The molecular weight excluding hydrogens is 335 g/mol. The second-order valence-electron chi connectivity index (χ2n) is 8.79. The van der Waals surface area contributed by atoms with Gasteiger partial charge in [-0.1, -0.05) is 51.2 Å². The summed E-state index contributed by atoms with van der Waals surface area (Å²) in [6.07, 6.45) is 20.2. The molecule has 27 heavy (non-hydrogen) atoms. The van der Waals surface area contributed by atoms with Crippen LogP contribution in [0.1, 0.15) is 77.6 Å². The highest BCUT2D eigenvalue weighted by Gasteiger charge is 2.30. The van der Waals surface area contributed by atoms with Gasteiger partial charge < -0.3 is 4.74 Å². The molecular formula is C25H37FO. The number of hydrogen-bond donors (Lipinski definition) is 0. The van der Waals surface area contributed by atoms with Crippen molar-refractivity contribution in [2.45, 2.75) is 77.6 Å². The molecule has 0 radical (unpaired) electrons. The van der Waals surface area contributed by atoms with E-state index in [1.165, 1.54) is 82.8 Å². The van der Waals surface area contributed by atoms with Gasteiger partial charge in [0.15, 0.2) is 0 Å². The Morgan fingerprint density at radius 2 is 1.56 bits per heavy atom. The largest absolute Gasteiger partial charge is 0.490 e. The Hall–Kier alpha value is -1.31. The van der Waals surface area contributed by atoms with Crippen molar-refractivity contribution in [2.75, 3.05) is 6.61 Å². The highest BCUT2D eigenvalue weighted by molar-refractivity contribution is 5.22. The number of allylic oxidation sites excluding steroid dienone is 1. The third-order valence-electron chi connectivity index (χ3n) is 6.91. The highest BCUT2D eigenvalue weighted by atomic mass is 19.1. The molecule has 2 aliphatic carbocycles. The zero-order chi connectivity index (χ0) is 18.9. The quantitative estimate of drug-likeness (QED) is 0.428. The van der Waals surface area contributed by atoms with Crippen LogP contribution in [-0.2, 0) is 0 Å². The van der Waals surface area contributed by atoms with E-state index < -0.39 is 0 Å². The Balaban J connectivity index is 1.31. The van der Waals surface area contributed by atoms with Gasteiger partial charge in [0.25, 0.3) is 0 Å². The van der Waals surface area contributed by atoms with Gasteiger partial charge in [0.2, 0.25) is 0 Å². The van der Waals surface area contributed by atoms with Crippen LogP contribution in [0.2, 0.25) is 0 Å². The maximum Gasteiger partial charge on any atom is 0.123 e. The molecule has 0 unspecified atom stereocenters. The van der Waals surface area contributed by atoms with Crippen molar-refractivity contribution in [3.8, 4) is 5.75 Å². The molecule has 1 aromatic carbocycles. The molecule has 2 aliphatic rings. The van der Waals surface area contributed by atoms with Gasteiger partial charge in [-0.3, -0.25) is 0 Å². The molecule has 3 rings (SSSR count). The molecule has 0 N–H and O–H groups in total. The van der Waals surface area contributed by atoms with Crippen LogP contribution in [0.25, 0.3) is 0 Å². The van der Waals surface area contributed by atoms with Crippen LogP contribution in [-0.4, -0.2) is 6.61 Å². The summed E-state index contributed by atoms with van der Waals surface area (Å²) < 4.78 is 18.5. The summed E-state index contributed by atoms with van der Waals surface area (Å²) in [4.78, 5) is 0. The van der Waals surface area contributed by atoms with E-state index in [1.807, 2.05) is 0 Å². The Kier molecular flexibility index (Phi) is 8.23. The van der Waals surface area contributed by atoms with Crippen LogP contribution >= 0.6 is 0 Å². The monoisotopic (exact) mass is 372 g/mol. The Bertz CT molecular complexity index is 548. The zero-order valence-corrected chi connectivity index (χ0v) is 17.0. The number of ether oxygens (including phenoxy) is 1. The van der Waals surface area contributed by atoms with Crippen molar-refractivity contribution in [1.29, 1.82) is 0 Å². The molecule has 0 bridgehead atoms. The fourth-order valence-electron chi connectivity index (χ4n) is 5.17. The number of rotatable bonds is 8. The second-order valence-corrected chi connectivity index (χ2v) is 8.79. The minimum atomic E-state index is -0.218. The lowest BCUT2D eigenvalue weighted by Gasteiger charge is -2.37. The van der Waals surface area contributed by atoms with Crippen molar-refractivity contribution in [2.24, 2.45) is 23.7 Å². The van der Waals surface area contributed by atoms with Crippen LogP contribution in [0.5, 0.6) is 5.75 Å². The van der Waals surface area contributed by atoms with Crippen molar-refractivity contribution in [3.05, 3.63) is 42.2 Å². The van der Waals surface area contributed by atoms with Crippen molar-refractivity contribution in [3.63, 3.8) is 0 Å². The van der Waals surface area contributed by atoms with Gasteiger partial charge in [-0.15, -0.1) is 0 Å². The Labute approximate surface area is 165 Å². The van der Waals surface area contributed by atoms with Crippen LogP contribution < -0.4 is 4.74 Å². The minimum Gasteiger partial charge on any atom is -0.490 e. The second kappa shape index (κ2) is 10.9. The van der Waals surface area contributed by atoms with Crippen molar-refractivity contribution < 1.29 is 9.13 Å². The van der Waals surface area contributed by atoms with Gasteiger partial charge in [0, 0.05) is 0 Å². The summed E-state index contributed by atoms with van der Waals surface area (Å²) in [5.41, 5.74) is 0. The first-order valence-corrected chi connectivity index (χ1v) is 11.3. The fraction of sp³-hybridized carbons (Fsp3) is 0.680. The summed E-state index contributed by atoms with van der Waals surface area (Å²) in [6.45, 7) is 2.89. The summed E-state index contributed by atoms with van der Waals surface area (Å²) in [5.74, 6) is 4.26. The summed E-state index contributed by atoms with van der Waals surface area (Å²) in [6, 6.07) is 6.26. The molecule has 0 amide bonds. The molecule has 2 heteroatoms. The zero-order valence-electron chi connectivity index (χ0n) is 17.0. The van der Waals surface area contributed by atoms with Crippen molar-refractivity contribution in [1.82, 2.24) is 0 Å². The first-order chi connectivity index (χ1) is 13.2. The van der Waals surface area contributed by atoms with Gasteiger partial charge in [-0.25, -0.2) is 4.39 Å². The molecule has 0 heterocycles. The molecule has 2 saturated carbocycles. The number of halogens is 1. The smallest absolute Gasteiger partial charge is 0.123 e. The standard InChI is InChI=1S/C25H37FO/c1-2-3-5-20-7-11-22(12-8-20)23-13-9-21(10-14-23)6-4-19-27-25-17-15-24(26)16-18-25/h4,6,15-18,20-23H,2-3,5,7-14,19H2,1H3/b6-4+. The number of benzene rings is 1. The molecule has 1 aromatic rings. The third kappa shape index (κ3) is 6.66. The summed E-state index contributed by atoms with van der Waals surface area (Å²) in [5, 5.41) is 0. The van der Waals surface area contributed by atoms with E-state index in [2.05, 4.69) is 19.1 Å². The predicted octanol–water partition coefficient (Wildman–Crippen LogP) is 7.56. The molecule has 0 spiro atoms. The van der Waals surface area contributed by atoms with E-state index in [-0.39, 0.29) is 5.82 Å². The van der Waals surface area contributed by atoms with Gasteiger partial charge >= 0.3 is 0 Å². The van der Waals surface area contributed by atoms with E-state index in [9.17, 15) is 4.39 Å². The SMILES string of the molecule is CCCCC1CCC(C2CCC(/C=C/COc3ccc(F)cc3)CC2)CC1. The minimum absolute atomic E-state index is 0.218. The average Bonchev–Trinajstić information content (AvgIpc) is 2.72.